The number of carbonyl (C=O) groups is 1. The first-order chi connectivity index (χ1) is 7.82. The number of aliphatic hydroxyl groups excluding tert-OH is 1. The van der Waals surface area contributed by atoms with Gasteiger partial charge in [0.25, 0.3) is 5.97 Å². The van der Waals surface area contributed by atoms with Gasteiger partial charge in [0.05, 0.1) is 6.10 Å². The van der Waals surface area contributed by atoms with Gasteiger partial charge in [-0.2, -0.15) is 0 Å². The number of rotatable bonds is 3. The van der Waals surface area contributed by atoms with Crippen LogP contribution in [0.15, 0.2) is 0 Å². The largest absolute Gasteiger partial charge is 0.481 e. The molecule has 0 aromatic rings. The van der Waals surface area contributed by atoms with E-state index in [2.05, 4.69) is 0 Å². The van der Waals surface area contributed by atoms with Crippen molar-refractivity contribution in [2.75, 3.05) is 0 Å². The summed E-state index contributed by atoms with van der Waals surface area (Å²) in [6.07, 6.45) is 3.32. The van der Waals surface area contributed by atoms with Crippen LogP contribution in [-0.2, 0) is 4.79 Å². The molecule has 0 saturated heterocycles. The molecule has 1 saturated carbocycles. The van der Waals surface area contributed by atoms with E-state index in [1.807, 2.05) is 0 Å². The first-order valence-electron chi connectivity index (χ1n) is 5.82. The van der Waals surface area contributed by atoms with E-state index in [1.54, 1.807) is 0 Å². The summed E-state index contributed by atoms with van der Waals surface area (Å²) >= 11 is 0. The van der Waals surface area contributed by atoms with Crippen LogP contribution in [0.4, 0.5) is 0 Å². The lowest BCUT2D eigenvalue weighted by Crippen LogP contribution is -2.40. The van der Waals surface area contributed by atoms with E-state index in [9.17, 15) is 5.11 Å². The van der Waals surface area contributed by atoms with Crippen molar-refractivity contribution in [1.82, 2.24) is 0 Å². The van der Waals surface area contributed by atoms with Crippen molar-refractivity contribution in [1.29, 1.82) is 0 Å². The molecule has 0 aromatic carbocycles. The standard InChI is InChI=1S/C8H18BNO3.C2H4O2/c10-7-5-6(1-2-8(7)11)3-4-9(12)13;1-2(3)4/h6-8,11-13H,1-5,10H2;1H3,(H,3,4)/t6-,7-,8-;/m0./s1. The van der Waals surface area contributed by atoms with Crippen molar-refractivity contribution >= 4 is 13.1 Å². The Bertz CT molecular complexity index is 223. The van der Waals surface area contributed by atoms with E-state index in [-0.39, 0.29) is 12.1 Å². The highest BCUT2D eigenvalue weighted by atomic mass is 16.4. The van der Waals surface area contributed by atoms with E-state index in [4.69, 9.17) is 25.7 Å². The van der Waals surface area contributed by atoms with Gasteiger partial charge in [-0.05, 0) is 31.5 Å². The van der Waals surface area contributed by atoms with Crippen LogP contribution >= 0.6 is 0 Å². The monoisotopic (exact) mass is 247 g/mol. The van der Waals surface area contributed by atoms with Crippen LogP contribution in [0.25, 0.3) is 0 Å². The molecule has 6 nitrogen and oxygen atoms in total. The molecular weight excluding hydrogens is 225 g/mol. The van der Waals surface area contributed by atoms with Gasteiger partial charge in [0.2, 0.25) is 0 Å². The zero-order chi connectivity index (χ0) is 13.4. The van der Waals surface area contributed by atoms with Gasteiger partial charge in [0.15, 0.2) is 0 Å². The molecule has 6 N–H and O–H groups in total. The smallest absolute Gasteiger partial charge is 0.451 e. The van der Waals surface area contributed by atoms with Crippen molar-refractivity contribution in [3.8, 4) is 0 Å². The fourth-order valence-corrected chi connectivity index (χ4v) is 1.93. The summed E-state index contributed by atoms with van der Waals surface area (Å²) in [5.74, 6) is -0.389. The predicted molar refractivity (Wildman–Crippen MR) is 64.2 cm³/mol. The van der Waals surface area contributed by atoms with E-state index in [0.717, 1.165) is 32.6 Å². The first kappa shape index (κ1) is 16.4. The minimum absolute atomic E-state index is 0.130. The third kappa shape index (κ3) is 9.11. The molecule has 0 amide bonds. The van der Waals surface area contributed by atoms with Gasteiger partial charge in [0.1, 0.15) is 0 Å². The second-order valence-corrected chi connectivity index (χ2v) is 4.49. The van der Waals surface area contributed by atoms with Crippen molar-refractivity contribution in [2.45, 2.75) is 51.1 Å². The summed E-state index contributed by atoms with van der Waals surface area (Å²) in [6.45, 7) is 1.08. The molecule has 0 unspecified atom stereocenters. The van der Waals surface area contributed by atoms with Gasteiger partial charge in [-0.25, -0.2) is 0 Å². The Labute approximate surface area is 102 Å². The molecule has 1 aliphatic carbocycles. The topological polar surface area (TPSA) is 124 Å². The summed E-state index contributed by atoms with van der Waals surface area (Å²) in [5.41, 5.74) is 5.70. The highest BCUT2D eigenvalue weighted by molar-refractivity contribution is 6.40. The fraction of sp³-hybridized carbons (Fsp3) is 0.900. The fourth-order valence-electron chi connectivity index (χ4n) is 1.93. The number of nitrogens with two attached hydrogens (primary N) is 1. The van der Waals surface area contributed by atoms with Crippen LogP contribution < -0.4 is 5.73 Å². The minimum atomic E-state index is -1.21. The molecule has 3 atom stereocenters. The van der Waals surface area contributed by atoms with Crippen LogP contribution in [0.1, 0.15) is 32.6 Å². The molecule has 0 radical (unpaired) electrons. The van der Waals surface area contributed by atoms with Gasteiger partial charge in [-0.3, -0.25) is 4.79 Å². The van der Waals surface area contributed by atoms with E-state index in [1.165, 1.54) is 0 Å². The molecule has 1 fully saturated rings. The van der Waals surface area contributed by atoms with Gasteiger partial charge in [0, 0.05) is 13.0 Å². The zero-order valence-corrected chi connectivity index (χ0v) is 10.1. The van der Waals surface area contributed by atoms with Crippen molar-refractivity contribution in [2.24, 2.45) is 11.7 Å². The van der Waals surface area contributed by atoms with E-state index in [0.29, 0.717) is 12.2 Å². The number of aliphatic hydroxyl groups is 1. The molecule has 0 aliphatic heterocycles. The van der Waals surface area contributed by atoms with Crippen LogP contribution in [0.2, 0.25) is 6.32 Å². The van der Waals surface area contributed by atoms with Crippen molar-refractivity contribution in [3.05, 3.63) is 0 Å². The SMILES string of the molecule is CC(=O)O.N[C@H]1C[C@H](CCB(O)O)CC[C@@H]1O. The Balaban J connectivity index is 0.000000557. The quantitative estimate of drug-likeness (QED) is 0.425. The zero-order valence-electron chi connectivity index (χ0n) is 10.1. The van der Waals surface area contributed by atoms with E-state index < -0.39 is 13.1 Å². The Morgan fingerprint density at radius 1 is 1.41 bits per heavy atom. The van der Waals surface area contributed by atoms with Gasteiger partial charge >= 0.3 is 7.12 Å². The van der Waals surface area contributed by atoms with Crippen LogP contribution in [0.5, 0.6) is 0 Å². The predicted octanol–water partition coefficient (Wildman–Crippen LogP) is -0.572. The lowest BCUT2D eigenvalue weighted by Gasteiger charge is -2.30. The van der Waals surface area contributed by atoms with Crippen LogP contribution in [0, 0.1) is 5.92 Å². The average molecular weight is 247 g/mol. The van der Waals surface area contributed by atoms with Gasteiger partial charge in [-0.1, -0.05) is 6.42 Å². The molecule has 0 spiro atoms. The number of hydrogen-bond acceptors (Lipinski definition) is 5. The third-order valence-corrected chi connectivity index (χ3v) is 2.80. The number of aliphatic carboxylic acids is 1. The Morgan fingerprint density at radius 3 is 2.35 bits per heavy atom. The van der Waals surface area contributed by atoms with Crippen LogP contribution in [-0.4, -0.2) is 45.5 Å². The second-order valence-electron chi connectivity index (χ2n) is 4.49. The second kappa shape index (κ2) is 8.46. The lowest BCUT2D eigenvalue weighted by molar-refractivity contribution is -0.134. The van der Waals surface area contributed by atoms with Crippen molar-refractivity contribution in [3.63, 3.8) is 0 Å². The maximum atomic E-state index is 9.35. The minimum Gasteiger partial charge on any atom is -0.481 e. The molecule has 7 heteroatoms. The molecule has 0 bridgehead atoms. The molecule has 100 valence electrons. The summed E-state index contributed by atoms with van der Waals surface area (Å²) in [5, 5.41) is 34.1. The number of carboxylic acid groups (broad SMARTS) is 1. The molecule has 0 heterocycles. The maximum absolute atomic E-state index is 9.35. The van der Waals surface area contributed by atoms with Crippen molar-refractivity contribution < 1.29 is 25.1 Å². The normalized spacial score (nSPS) is 27.9. The summed E-state index contributed by atoms with van der Waals surface area (Å²) in [6, 6.07) is -0.130. The Hall–Kier alpha value is -0.625. The molecule has 1 aliphatic rings. The van der Waals surface area contributed by atoms with E-state index >= 15 is 0 Å². The molecule has 0 aromatic heterocycles. The summed E-state index contributed by atoms with van der Waals surface area (Å²) < 4.78 is 0. The highest BCUT2D eigenvalue weighted by Gasteiger charge is 2.26. The average Bonchev–Trinajstić information content (AvgIpc) is 2.19. The Kier molecular flexibility index (Phi) is 8.15. The molecule has 17 heavy (non-hydrogen) atoms. The number of carboxylic acids is 1. The van der Waals surface area contributed by atoms with Crippen LogP contribution in [0.3, 0.4) is 0 Å². The highest BCUT2D eigenvalue weighted by Crippen LogP contribution is 2.27. The lowest BCUT2D eigenvalue weighted by atomic mass is 9.75. The van der Waals surface area contributed by atoms with Gasteiger partial charge < -0.3 is 26.0 Å². The maximum Gasteiger partial charge on any atom is 0.451 e. The third-order valence-electron chi connectivity index (χ3n) is 2.80. The first-order valence-corrected chi connectivity index (χ1v) is 5.82. The number of hydrogen-bond donors (Lipinski definition) is 5. The van der Waals surface area contributed by atoms with Gasteiger partial charge in [-0.15, -0.1) is 0 Å². The summed E-state index contributed by atoms with van der Waals surface area (Å²) in [4.78, 5) is 9.00. The molecular formula is C10H22BNO5. The summed E-state index contributed by atoms with van der Waals surface area (Å²) in [7, 11) is -1.21. The molecule has 1 rings (SSSR count). The Morgan fingerprint density at radius 2 is 1.94 bits per heavy atom.